The summed E-state index contributed by atoms with van der Waals surface area (Å²) >= 11 is 0. The highest BCUT2D eigenvalue weighted by Crippen LogP contribution is 2.31. The van der Waals surface area contributed by atoms with Crippen LogP contribution in [-0.4, -0.2) is 20.1 Å². The molecule has 1 N–H and O–H groups in total. The van der Waals surface area contributed by atoms with Crippen LogP contribution in [0, 0.1) is 0 Å². The summed E-state index contributed by atoms with van der Waals surface area (Å²) in [5.41, 5.74) is 2.33. The van der Waals surface area contributed by atoms with Gasteiger partial charge in [0.25, 0.3) is 5.91 Å². The molecule has 0 fully saturated rings. The number of anilines is 1. The quantitative estimate of drug-likeness (QED) is 0.515. The van der Waals surface area contributed by atoms with Gasteiger partial charge in [0.15, 0.2) is 0 Å². The molecule has 4 rings (SSSR count). The number of hydrogen-bond donors (Lipinski definition) is 1. The Balaban J connectivity index is 1.87. The van der Waals surface area contributed by atoms with Gasteiger partial charge in [0.1, 0.15) is 28.3 Å². The van der Waals surface area contributed by atoms with Crippen LogP contribution in [0.2, 0.25) is 0 Å². The predicted octanol–water partition coefficient (Wildman–Crippen LogP) is 4.93. The lowest BCUT2D eigenvalue weighted by atomic mass is 10.1. The molecule has 0 saturated carbocycles. The Kier molecular flexibility index (Phi) is 5.48. The lowest BCUT2D eigenvalue weighted by molar-refractivity contribution is 0.102. The Labute approximate surface area is 173 Å². The highest BCUT2D eigenvalue weighted by molar-refractivity contribution is 6.05. The first-order valence-electron chi connectivity index (χ1n) is 9.34. The van der Waals surface area contributed by atoms with Gasteiger partial charge in [-0.05, 0) is 36.4 Å². The molecule has 0 aliphatic heterocycles. The molecule has 0 spiro atoms. The van der Waals surface area contributed by atoms with Crippen LogP contribution >= 0.6 is 0 Å². The average Bonchev–Trinajstić information content (AvgIpc) is 2.79. The molecule has 0 saturated heterocycles. The molecule has 0 aliphatic carbocycles. The Hall–Kier alpha value is -4.06. The highest BCUT2D eigenvalue weighted by Gasteiger charge is 2.14. The van der Waals surface area contributed by atoms with Crippen molar-refractivity contribution in [3.8, 4) is 11.5 Å². The Morgan fingerprint density at radius 2 is 1.67 bits per heavy atom. The van der Waals surface area contributed by atoms with Gasteiger partial charge in [-0.2, -0.15) is 0 Å². The predicted molar refractivity (Wildman–Crippen MR) is 115 cm³/mol. The molecule has 0 atom stereocenters. The highest BCUT2D eigenvalue weighted by atomic mass is 16.5. The van der Waals surface area contributed by atoms with Gasteiger partial charge < -0.3 is 19.2 Å². The number of fused-ring (bicyclic) bond motifs is 1. The molecule has 0 bridgehead atoms. The third-order valence-electron chi connectivity index (χ3n) is 4.54. The summed E-state index contributed by atoms with van der Waals surface area (Å²) in [5.74, 6) is 0.831. The topological polar surface area (TPSA) is 73.1 Å². The van der Waals surface area contributed by atoms with Crippen molar-refractivity contribution in [2.45, 2.75) is 0 Å². The summed E-state index contributed by atoms with van der Waals surface area (Å²) in [6.07, 6.45) is 0. The van der Waals surface area contributed by atoms with Gasteiger partial charge in [-0.1, -0.05) is 36.4 Å². The standard InChI is InChI=1S/C24H20N2O4/c1-28-18-12-13-20(22(15-18)29-2)26-24-19(14-16-8-6-7-11-21(16)30-24)23(27)25-17-9-4-3-5-10-17/h3-15H,1-2H3,(H,25,27). The zero-order valence-electron chi connectivity index (χ0n) is 16.6. The number of hydrogen-bond acceptors (Lipinski definition) is 5. The van der Waals surface area contributed by atoms with E-state index in [1.165, 1.54) is 0 Å². The van der Waals surface area contributed by atoms with Crippen molar-refractivity contribution in [3.05, 3.63) is 90.0 Å². The van der Waals surface area contributed by atoms with Crippen molar-refractivity contribution in [1.29, 1.82) is 0 Å². The Morgan fingerprint density at radius 1 is 0.900 bits per heavy atom. The number of carbonyl (C=O) groups excluding carboxylic acids is 1. The zero-order valence-corrected chi connectivity index (χ0v) is 16.6. The Bertz CT molecular complexity index is 1260. The van der Waals surface area contributed by atoms with Crippen molar-refractivity contribution >= 4 is 28.3 Å². The van der Waals surface area contributed by atoms with Crippen LogP contribution in [0.5, 0.6) is 11.5 Å². The fourth-order valence-electron chi connectivity index (χ4n) is 3.02. The maximum absolute atomic E-state index is 13.0. The van der Waals surface area contributed by atoms with E-state index in [0.29, 0.717) is 34.0 Å². The minimum absolute atomic E-state index is 0.186. The normalized spacial score (nSPS) is 11.3. The van der Waals surface area contributed by atoms with Gasteiger partial charge in [0.2, 0.25) is 5.55 Å². The van der Waals surface area contributed by atoms with E-state index in [-0.39, 0.29) is 11.5 Å². The van der Waals surface area contributed by atoms with Crippen molar-refractivity contribution < 1.29 is 18.7 Å². The Morgan fingerprint density at radius 3 is 2.43 bits per heavy atom. The van der Waals surface area contributed by atoms with E-state index in [2.05, 4.69) is 10.3 Å². The molecule has 3 aromatic carbocycles. The fraction of sp³-hybridized carbons (Fsp3) is 0.0833. The second kappa shape index (κ2) is 8.53. The number of para-hydroxylation sites is 2. The van der Waals surface area contributed by atoms with Crippen LogP contribution in [0.4, 0.5) is 11.4 Å². The van der Waals surface area contributed by atoms with E-state index in [0.717, 1.165) is 5.39 Å². The van der Waals surface area contributed by atoms with Gasteiger partial charge >= 0.3 is 0 Å². The monoisotopic (exact) mass is 400 g/mol. The van der Waals surface area contributed by atoms with Crippen LogP contribution in [0.15, 0.2) is 88.3 Å². The van der Waals surface area contributed by atoms with Crippen molar-refractivity contribution in [2.24, 2.45) is 4.99 Å². The summed E-state index contributed by atoms with van der Waals surface area (Å²) in [4.78, 5) is 17.6. The van der Waals surface area contributed by atoms with Gasteiger partial charge in [-0.25, -0.2) is 4.99 Å². The molecule has 30 heavy (non-hydrogen) atoms. The third kappa shape index (κ3) is 4.03. The number of benzene rings is 3. The lowest BCUT2D eigenvalue weighted by Gasteiger charge is -2.09. The number of nitrogens with zero attached hydrogens (tertiary/aromatic N) is 1. The fourth-order valence-corrected chi connectivity index (χ4v) is 3.02. The summed E-state index contributed by atoms with van der Waals surface area (Å²) in [5, 5.41) is 3.69. The van der Waals surface area contributed by atoms with Crippen molar-refractivity contribution in [1.82, 2.24) is 0 Å². The smallest absolute Gasteiger partial charge is 0.261 e. The largest absolute Gasteiger partial charge is 0.497 e. The summed E-state index contributed by atoms with van der Waals surface area (Å²) in [6, 6.07) is 23.7. The van der Waals surface area contributed by atoms with E-state index in [1.54, 1.807) is 38.5 Å². The SMILES string of the molecule is COc1ccc(N=c2oc3ccccc3cc2C(=O)Nc2ccccc2)c(OC)c1. The maximum atomic E-state index is 13.0. The molecule has 150 valence electrons. The van der Waals surface area contributed by atoms with E-state index >= 15 is 0 Å². The molecule has 6 heteroatoms. The molecule has 0 aliphatic rings. The van der Waals surface area contributed by atoms with Crippen LogP contribution in [0.1, 0.15) is 10.4 Å². The minimum Gasteiger partial charge on any atom is -0.497 e. The van der Waals surface area contributed by atoms with Gasteiger partial charge in [-0.15, -0.1) is 0 Å². The maximum Gasteiger partial charge on any atom is 0.261 e. The number of rotatable bonds is 5. The van der Waals surface area contributed by atoms with Crippen LogP contribution in [0.25, 0.3) is 11.0 Å². The van der Waals surface area contributed by atoms with E-state index in [4.69, 9.17) is 13.9 Å². The molecule has 0 unspecified atom stereocenters. The molecule has 4 aromatic rings. The first-order chi connectivity index (χ1) is 14.7. The summed E-state index contributed by atoms with van der Waals surface area (Å²) in [6.45, 7) is 0. The molecule has 6 nitrogen and oxygen atoms in total. The average molecular weight is 400 g/mol. The van der Waals surface area contributed by atoms with Crippen LogP contribution < -0.4 is 20.3 Å². The minimum atomic E-state index is -0.318. The molecule has 1 heterocycles. The molecular weight excluding hydrogens is 380 g/mol. The lowest BCUT2D eigenvalue weighted by Crippen LogP contribution is -2.21. The van der Waals surface area contributed by atoms with E-state index in [9.17, 15) is 4.79 Å². The van der Waals surface area contributed by atoms with E-state index < -0.39 is 0 Å². The van der Waals surface area contributed by atoms with Gasteiger partial charge in [-0.3, -0.25) is 4.79 Å². The van der Waals surface area contributed by atoms with Crippen LogP contribution in [0.3, 0.4) is 0 Å². The number of amides is 1. The molecule has 1 amide bonds. The second-order valence-corrected chi connectivity index (χ2v) is 6.47. The molecule has 1 aromatic heterocycles. The first kappa shape index (κ1) is 19.3. The van der Waals surface area contributed by atoms with Gasteiger partial charge in [0, 0.05) is 17.1 Å². The summed E-state index contributed by atoms with van der Waals surface area (Å²) < 4.78 is 16.7. The number of carbonyl (C=O) groups is 1. The van der Waals surface area contributed by atoms with Crippen LogP contribution in [-0.2, 0) is 0 Å². The first-order valence-corrected chi connectivity index (χ1v) is 9.34. The molecule has 0 radical (unpaired) electrons. The number of methoxy groups -OCH3 is 2. The van der Waals surface area contributed by atoms with E-state index in [1.807, 2.05) is 54.6 Å². The van der Waals surface area contributed by atoms with Gasteiger partial charge in [0.05, 0.1) is 14.2 Å². The molecular formula is C24H20N2O4. The van der Waals surface area contributed by atoms with Crippen molar-refractivity contribution in [3.63, 3.8) is 0 Å². The summed E-state index contributed by atoms with van der Waals surface area (Å²) in [7, 11) is 3.13. The zero-order chi connectivity index (χ0) is 20.9. The van der Waals surface area contributed by atoms with Crippen molar-refractivity contribution in [2.75, 3.05) is 19.5 Å². The number of ether oxygens (including phenoxy) is 2. The second-order valence-electron chi connectivity index (χ2n) is 6.47. The number of nitrogens with one attached hydrogen (secondary N) is 1. The third-order valence-corrected chi connectivity index (χ3v) is 4.54.